The van der Waals surface area contributed by atoms with Crippen LogP contribution in [0.25, 0.3) is 0 Å². The van der Waals surface area contributed by atoms with Crippen molar-refractivity contribution in [3.05, 3.63) is 0 Å². The number of aliphatic hydroxyl groups is 1. The zero-order valence-corrected chi connectivity index (χ0v) is 9.61. The Morgan fingerprint density at radius 2 is 2.13 bits per heavy atom. The smallest absolute Gasteiger partial charge is 0.139 e. The maximum absolute atomic E-state index is 8.86. The van der Waals surface area contributed by atoms with Gasteiger partial charge >= 0.3 is 0 Å². The SMILES string of the molecule is CC(C)C(CCO)NCCCC(N)=NO. The van der Waals surface area contributed by atoms with Gasteiger partial charge in [0.2, 0.25) is 0 Å². The van der Waals surface area contributed by atoms with Gasteiger partial charge in [0.25, 0.3) is 0 Å². The van der Waals surface area contributed by atoms with E-state index in [4.69, 9.17) is 16.0 Å². The van der Waals surface area contributed by atoms with E-state index in [0.717, 1.165) is 19.4 Å². The molecule has 0 aliphatic heterocycles. The van der Waals surface area contributed by atoms with Crippen LogP contribution in [0.2, 0.25) is 0 Å². The van der Waals surface area contributed by atoms with Crippen molar-refractivity contribution in [2.45, 2.75) is 39.2 Å². The topological polar surface area (TPSA) is 90.9 Å². The van der Waals surface area contributed by atoms with Gasteiger partial charge < -0.3 is 21.4 Å². The van der Waals surface area contributed by atoms with Gasteiger partial charge in [-0.1, -0.05) is 19.0 Å². The molecule has 1 unspecified atom stereocenters. The van der Waals surface area contributed by atoms with E-state index >= 15 is 0 Å². The summed E-state index contributed by atoms with van der Waals surface area (Å²) in [7, 11) is 0. The van der Waals surface area contributed by atoms with Gasteiger partial charge in [-0.15, -0.1) is 0 Å². The fourth-order valence-corrected chi connectivity index (χ4v) is 1.42. The Morgan fingerprint density at radius 1 is 1.47 bits per heavy atom. The quantitative estimate of drug-likeness (QED) is 0.157. The predicted molar refractivity (Wildman–Crippen MR) is 61.0 cm³/mol. The van der Waals surface area contributed by atoms with Crippen molar-refractivity contribution >= 4 is 5.84 Å². The molecule has 5 nitrogen and oxygen atoms in total. The Labute approximate surface area is 91.4 Å². The van der Waals surface area contributed by atoms with E-state index in [1.807, 2.05) is 0 Å². The zero-order valence-electron chi connectivity index (χ0n) is 9.61. The molecule has 5 heteroatoms. The molecule has 0 aromatic carbocycles. The molecule has 0 aromatic rings. The van der Waals surface area contributed by atoms with Crippen molar-refractivity contribution in [2.24, 2.45) is 16.8 Å². The number of nitrogens with one attached hydrogen (secondary N) is 1. The van der Waals surface area contributed by atoms with Gasteiger partial charge in [0.05, 0.1) is 0 Å². The molecule has 0 aromatic heterocycles. The number of hydrogen-bond donors (Lipinski definition) is 4. The van der Waals surface area contributed by atoms with Crippen LogP contribution in [0.15, 0.2) is 5.16 Å². The molecule has 0 bridgehead atoms. The highest BCUT2D eigenvalue weighted by atomic mass is 16.4. The van der Waals surface area contributed by atoms with E-state index in [1.54, 1.807) is 0 Å². The molecule has 0 amide bonds. The summed E-state index contributed by atoms with van der Waals surface area (Å²) in [4.78, 5) is 0. The van der Waals surface area contributed by atoms with Crippen molar-refractivity contribution < 1.29 is 10.3 Å². The summed E-state index contributed by atoms with van der Waals surface area (Å²) in [6.07, 6.45) is 2.19. The van der Waals surface area contributed by atoms with Gasteiger partial charge in [0, 0.05) is 19.1 Å². The Morgan fingerprint density at radius 3 is 2.60 bits per heavy atom. The minimum absolute atomic E-state index is 0.204. The van der Waals surface area contributed by atoms with E-state index in [9.17, 15) is 0 Å². The van der Waals surface area contributed by atoms with Gasteiger partial charge in [0.1, 0.15) is 5.84 Å². The molecule has 90 valence electrons. The van der Waals surface area contributed by atoms with Crippen LogP contribution in [0.5, 0.6) is 0 Å². The first-order chi connectivity index (χ1) is 7.11. The van der Waals surface area contributed by atoms with Crippen LogP contribution in [-0.2, 0) is 0 Å². The van der Waals surface area contributed by atoms with Crippen molar-refractivity contribution in [1.82, 2.24) is 5.32 Å². The Bertz CT molecular complexity index is 184. The van der Waals surface area contributed by atoms with Crippen molar-refractivity contribution in [3.63, 3.8) is 0 Å². The fraction of sp³-hybridized carbons (Fsp3) is 0.900. The van der Waals surface area contributed by atoms with E-state index in [1.165, 1.54) is 0 Å². The third kappa shape index (κ3) is 7.16. The van der Waals surface area contributed by atoms with Gasteiger partial charge in [-0.25, -0.2) is 0 Å². The summed E-state index contributed by atoms with van der Waals surface area (Å²) >= 11 is 0. The summed E-state index contributed by atoms with van der Waals surface area (Å²) in [6, 6.07) is 0.335. The maximum atomic E-state index is 8.86. The minimum atomic E-state index is 0.204. The number of nitrogens with zero attached hydrogens (tertiary/aromatic N) is 1. The molecule has 0 fully saturated rings. The Balaban J connectivity index is 3.62. The minimum Gasteiger partial charge on any atom is -0.409 e. The first-order valence-corrected chi connectivity index (χ1v) is 5.42. The van der Waals surface area contributed by atoms with Crippen molar-refractivity contribution in [2.75, 3.05) is 13.2 Å². The number of aliphatic hydroxyl groups excluding tert-OH is 1. The summed E-state index contributed by atoms with van der Waals surface area (Å²) < 4.78 is 0. The molecule has 0 saturated heterocycles. The second-order valence-electron chi connectivity index (χ2n) is 4.01. The molecular weight excluding hydrogens is 194 g/mol. The lowest BCUT2D eigenvalue weighted by Gasteiger charge is -2.21. The highest BCUT2D eigenvalue weighted by molar-refractivity contribution is 5.79. The highest BCUT2D eigenvalue weighted by Crippen LogP contribution is 2.05. The molecule has 0 spiro atoms. The van der Waals surface area contributed by atoms with Crippen LogP contribution in [0, 0.1) is 5.92 Å². The Hall–Kier alpha value is -0.810. The Kier molecular flexibility index (Phi) is 8.04. The van der Waals surface area contributed by atoms with E-state index in [-0.39, 0.29) is 12.4 Å². The molecule has 0 heterocycles. The molecule has 0 aliphatic carbocycles. The molecule has 0 aliphatic rings. The molecule has 0 saturated carbocycles. The van der Waals surface area contributed by atoms with Crippen LogP contribution >= 0.6 is 0 Å². The highest BCUT2D eigenvalue weighted by Gasteiger charge is 2.11. The van der Waals surface area contributed by atoms with Crippen LogP contribution < -0.4 is 11.1 Å². The standard InChI is InChI=1S/C10H23N3O2/c1-8(2)9(5-7-14)12-6-3-4-10(11)13-15/h8-9,12,14-15H,3-7H2,1-2H3,(H2,11,13). The van der Waals surface area contributed by atoms with Crippen LogP contribution in [-0.4, -0.2) is 35.3 Å². The zero-order chi connectivity index (χ0) is 11.7. The lowest BCUT2D eigenvalue weighted by atomic mass is 10.0. The fourth-order valence-electron chi connectivity index (χ4n) is 1.42. The largest absolute Gasteiger partial charge is 0.409 e. The third-order valence-electron chi connectivity index (χ3n) is 2.39. The second-order valence-corrected chi connectivity index (χ2v) is 4.01. The van der Waals surface area contributed by atoms with Crippen molar-refractivity contribution in [1.29, 1.82) is 0 Å². The van der Waals surface area contributed by atoms with Gasteiger partial charge in [-0.3, -0.25) is 0 Å². The normalized spacial score (nSPS) is 14.5. The molecule has 1 atom stereocenters. The average Bonchev–Trinajstić information content (AvgIpc) is 2.21. The van der Waals surface area contributed by atoms with E-state index in [0.29, 0.717) is 18.4 Å². The molecule has 15 heavy (non-hydrogen) atoms. The van der Waals surface area contributed by atoms with Gasteiger partial charge in [-0.2, -0.15) is 0 Å². The van der Waals surface area contributed by atoms with Gasteiger partial charge in [0.15, 0.2) is 0 Å². The predicted octanol–water partition coefficient (Wildman–Crippen LogP) is 0.510. The van der Waals surface area contributed by atoms with E-state index in [2.05, 4.69) is 24.3 Å². The molecule has 0 rings (SSSR count). The number of hydrogen-bond acceptors (Lipinski definition) is 4. The lowest BCUT2D eigenvalue weighted by Crippen LogP contribution is -2.35. The summed E-state index contributed by atoms with van der Waals surface area (Å²) in [5.74, 6) is 0.765. The van der Waals surface area contributed by atoms with E-state index < -0.39 is 0 Å². The first kappa shape index (κ1) is 14.2. The number of nitrogens with two attached hydrogens (primary N) is 1. The van der Waals surface area contributed by atoms with Crippen LogP contribution in [0.4, 0.5) is 0 Å². The molecule has 5 N–H and O–H groups in total. The summed E-state index contributed by atoms with van der Waals surface area (Å²) in [6.45, 7) is 5.27. The average molecular weight is 217 g/mol. The lowest BCUT2D eigenvalue weighted by molar-refractivity contribution is 0.244. The number of rotatable bonds is 8. The van der Waals surface area contributed by atoms with Gasteiger partial charge in [-0.05, 0) is 25.3 Å². The van der Waals surface area contributed by atoms with Crippen LogP contribution in [0.1, 0.15) is 33.1 Å². The first-order valence-electron chi connectivity index (χ1n) is 5.42. The summed E-state index contributed by atoms with van der Waals surface area (Å²) in [5, 5.41) is 23.4. The van der Waals surface area contributed by atoms with Crippen molar-refractivity contribution in [3.8, 4) is 0 Å². The second kappa shape index (κ2) is 8.49. The molecular formula is C10H23N3O2. The molecule has 0 radical (unpaired) electrons. The monoisotopic (exact) mass is 217 g/mol. The maximum Gasteiger partial charge on any atom is 0.139 e. The van der Waals surface area contributed by atoms with Crippen LogP contribution in [0.3, 0.4) is 0 Å². The number of oxime groups is 1. The third-order valence-corrected chi connectivity index (χ3v) is 2.39. The summed E-state index contributed by atoms with van der Waals surface area (Å²) in [5.41, 5.74) is 5.34. The number of amidine groups is 1.